The molecule has 3 aromatic rings. The molecule has 38 heavy (non-hydrogen) atoms. The minimum absolute atomic E-state index is 0.0157. The van der Waals surface area contributed by atoms with Gasteiger partial charge < -0.3 is 24.3 Å². The lowest BCUT2D eigenvalue weighted by Gasteiger charge is -2.43. The Morgan fingerprint density at radius 2 is 1.76 bits per heavy atom. The van der Waals surface area contributed by atoms with Crippen LogP contribution in [0.5, 0.6) is 11.5 Å². The number of benzene rings is 2. The third kappa shape index (κ3) is 5.04. The first-order chi connectivity index (χ1) is 18.4. The first-order valence-electron chi connectivity index (χ1n) is 12.4. The fraction of sp³-hybridized carbons (Fsp3) is 0.276. The summed E-state index contributed by atoms with van der Waals surface area (Å²) in [5, 5.41) is 3.09. The predicted octanol–water partition coefficient (Wildman–Crippen LogP) is 3.94. The molecule has 8 nitrogen and oxygen atoms in total. The van der Waals surface area contributed by atoms with Gasteiger partial charge in [-0.15, -0.1) is 0 Å². The lowest BCUT2D eigenvalue weighted by molar-refractivity contribution is -0.130. The number of methoxy groups -OCH3 is 2. The molecular weight excluding hydrogens is 506 g/mol. The Kier molecular flexibility index (Phi) is 7.24. The minimum Gasteiger partial charge on any atom is -0.493 e. The molecule has 196 valence electrons. The van der Waals surface area contributed by atoms with Crippen molar-refractivity contribution in [2.75, 3.05) is 27.3 Å². The Bertz CT molecular complexity index is 1480. The number of piperidine rings is 1. The number of aromatic nitrogens is 1. The van der Waals surface area contributed by atoms with Crippen LogP contribution in [0, 0.1) is 5.92 Å². The normalized spacial score (nSPS) is 18.4. The molecule has 5 rings (SSSR count). The van der Waals surface area contributed by atoms with Crippen LogP contribution in [-0.2, 0) is 11.3 Å². The summed E-state index contributed by atoms with van der Waals surface area (Å²) in [6.45, 7) is 1.50. The van der Waals surface area contributed by atoms with Crippen LogP contribution < -0.4 is 20.3 Å². The molecule has 2 aromatic carbocycles. The van der Waals surface area contributed by atoms with E-state index in [0.717, 1.165) is 12.1 Å². The maximum absolute atomic E-state index is 13.9. The number of ether oxygens (including phenoxy) is 2. The van der Waals surface area contributed by atoms with Crippen LogP contribution in [-0.4, -0.2) is 48.6 Å². The molecule has 2 bridgehead atoms. The van der Waals surface area contributed by atoms with E-state index in [4.69, 9.17) is 21.1 Å². The smallest absolute Gasteiger partial charge is 0.270 e. The number of halogens is 1. The van der Waals surface area contributed by atoms with Gasteiger partial charge >= 0.3 is 0 Å². The van der Waals surface area contributed by atoms with Crippen molar-refractivity contribution >= 4 is 29.5 Å². The van der Waals surface area contributed by atoms with Gasteiger partial charge in [0.1, 0.15) is 5.70 Å². The van der Waals surface area contributed by atoms with Gasteiger partial charge in [0.15, 0.2) is 11.5 Å². The zero-order valence-electron chi connectivity index (χ0n) is 21.1. The number of carbonyl (C=O) groups excluding carboxylic acids is 2. The zero-order chi connectivity index (χ0) is 26.8. The van der Waals surface area contributed by atoms with Crippen LogP contribution in [0.4, 0.5) is 0 Å². The fourth-order valence-corrected chi connectivity index (χ4v) is 5.55. The number of pyridine rings is 1. The van der Waals surface area contributed by atoms with Crippen molar-refractivity contribution in [3.05, 3.63) is 98.6 Å². The second-order valence-corrected chi connectivity index (χ2v) is 9.92. The standard InChI is InChI=1S/C29H28ClN3O5/c1-37-25-11-10-18(14-26(25)38-2)13-23(31-28(35)21-6-3-4-7-22(21)30)29(36)32-15-19-12-20(17-32)24-8-5-9-27(34)33(24)16-19/h3-11,13-14,19-20H,12,15-17H2,1-2H3,(H,31,35)/b23-13-. The molecule has 9 heteroatoms. The Balaban J connectivity index is 1.48. The molecular formula is C29H28ClN3O5. The maximum Gasteiger partial charge on any atom is 0.270 e. The second-order valence-electron chi connectivity index (χ2n) is 9.51. The highest BCUT2D eigenvalue weighted by Crippen LogP contribution is 2.35. The number of hydrogen-bond donors (Lipinski definition) is 1. The van der Waals surface area contributed by atoms with Gasteiger partial charge in [0.25, 0.3) is 17.4 Å². The summed E-state index contributed by atoms with van der Waals surface area (Å²) in [6.07, 6.45) is 2.54. The van der Waals surface area contributed by atoms with E-state index in [9.17, 15) is 14.4 Å². The number of amides is 2. The van der Waals surface area contributed by atoms with Gasteiger partial charge in [-0.05, 0) is 54.3 Å². The van der Waals surface area contributed by atoms with E-state index >= 15 is 0 Å². The van der Waals surface area contributed by atoms with Crippen molar-refractivity contribution < 1.29 is 19.1 Å². The minimum atomic E-state index is -0.482. The third-order valence-corrected chi connectivity index (χ3v) is 7.41. The van der Waals surface area contributed by atoms with Crippen molar-refractivity contribution in [2.45, 2.75) is 18.9 Å². The van der Waals surface area contributed by atoms with Crippen LogP contribution in [0.1, 0.15) is 34.0 Å². The highest BCUT2D eigenvalue weighted by molar-refractivity contribution is 6.34. The average molecular weight is 534 g/mol. The summed E-state index contributed by atoms with van der Waals surface area (Å²) in [5.41, 5.74) is 1.96. The van der Waals surface area contributed by atoms with E-state index in [-0.39, 0.29) is 39.6 Å². The number of likely N-dealkylation sites (tertiary alicyclic amines) is 1. The summed E-state index contributed by atoms with van der Waals surface area (Å²) in [4.78, 5) is 41.3. The third-order valence-electron chi connectivity index (χ3n) is 7.08. The summed E-state index contributed by atoms with van der Waals surface area (Å²) < 4.78 is 12.6. The van der Waals surface area contributed by atoms with Crippen LogP contribution in [0.15, 0.2) is 71.2 Å². The number of carbonyl (C=O) groups is 2. The van der Waals surface area contributed by atoms with Gasteiger partial charge in [-0.1, -0.05) is 35.9 Å². The highest BCUT2D eigenvalue weighted by Gasteiger charge is 2.37. The molecule has 3 heterocycles. The number of rotatable bonds is 6. The number of nitrogens with zero attached hydrogens (tertiary/aromatic N) is 2. The fourth-order valence-electron chi connectivity index (χ4n) is 5.33. The summed E-state index contributed by atoms with van der Waals surface area (Å²) in [7, 11) is 3.08. The van der Waals surface area contributed by atoms with Gasteiger partial charge in [-0.3, -0.25) is 14.4 Å². The second kappa shape index (κ2) is 10.8. The van der Waals surface area contributed by atoms with Crippen molar-refractivity contribution in [1.29, 1.82) is 0 Å². The molecule has 0 spiro atoms. The van der Waals surface area contributed by atoms with Crippen LogP contribution >= 0.6 is 11.6 Å². The van der Waals surface area contributed by atoms with E-state index in [1.165, 1.54) is 7.11 Å². The van der Waals surface area contributed by atoms with Gasteiger partial charge in [0, 0.05) is 37.3 Å². The van der Waals surface area contributed by atoms with Crippen molar-refractivity contribution in [3.8, 4) is 11.5 Å². The van der Waals surface area contributed by atoms with Crippen LogP contribution in [0.25, 0.3) is 6.08 Å². The van der Waals surface area contributed by atoms with Gasteiger partial charge in [-0.25, -0.2) is 0 Å². The Morgan fingerprint density at radius 1 is 0.974 bits per heavy atom. The van der Waals surface area contributed by atoms with Crippen LogP contribution in [0.2, 0.25) is 5.02 Å². The number of fused-ring (bicyclic) bond motifs is 4. The van der Waals surface area contributed by atoms with E-state index in [0.29, 0.717) is 36.7 Å². The van der Waals surface area contributed by atoms with E-state index < -0.39 is 5.91 Å². The van der Waals surface area contributed by atoms with Gasteiger partial charge in [-0.2, -0.15) is 0 Å². The monoisotopic (exact) mass is 533 g/mol. The highest BCUT2D eigenvalue weighted by atomic mass is 35.5. The van der Waals surface area contributed by atoms with E-state index in [2.05, 4.69) is 5.32 Å². The first kappa shape index (κ1) is 25.6. The van der Waals surface area contributed by atoms with Crippen molar-refractivity contribution in [2.24, 2.45) is 5.92 Å². The zero-order valence-corrected chi connectivity index (χ0v) is 21.9. The molecule has 1 saturated heterocycles. The topological polar surface area (TPSA) is 89.9 Å². The Labute approximate surface area is 225 Å². The first-order valence-corrected chi connectivity index (χ1v) is 12.7. The number of hydrogen-bond acceptors (Lipinski definition) is 5. The molecule has 0 radical (unpaired) electrons. The average Bonchev–Trinajstić information content (AvgIpc) is 2.93. The molecule has 0 aliphatic carbocycles. The molecule has 2 atom stereocenters. The van der Waals surface area contributed by atoms with Crippen molar-refractivity contribution in [1.82, 2.24) is 14.8 Å². The van der Waals surface area contributed by atoms with Crippen molar-refractivity contribution in [3.63, 3.8) is 0 Å². The Morgan fingerprint density at radius 3 is 2.53 bits per heavy atom. The summed E-state index contributed by atoms with van der Waals surface area (Å²) in [6, 6.07) is 17.2. The lowest BCUT2D eigenvalue weighted by Crippen LogP contribution is -2.50. The largest absolute Gasteiger partial charge is 0.493 e. The molecule has 1 aromatic heterocycles. The molecule has 2 unspecified atom stereocenters. The lowest BCUT2D eigenvalue weighted by atomic mass is 9.83. The molecule has 2 aliphatic heterocycles. The van der Waals surface area contributed by atoms with E-state index in [1.54, 1.807) is 72.7 Å². The summed E-state index contributed by atoms with van der Waals surface area (Å²) in [5.74, 6) is 0.454. The maximum atomic E-state index is 13.9. The molecule has 0 saturated carbocycles. The SMILES string of the molecule is COc1ccc(/C=C(\NC(=O)c2ccccc2Cl)C(=O)N2CC3CC(C2)c2cccc(=O)n2C3)cc1OC. The predicted molar refractivity (Wildman–Crippen MR) is 145 cm³/mol. The summed E-state index contributed by atoms with van der Waals surface area (Å²) >= 11 is 6.26. The molecule has 1 fully saturated rings. The van der Waals surface area contributed by atoms with Gasteiger partial charge in [0.05, 0.1) is 24.8 Å². The van der Waals surface area contributed by atoms with Gasteiger partial charge in [0.2, 0.25) is 0 Å². The van der Waals surface area contributed by atoms with Crippen LogP contribution in [0.3, 0.4) is 0 Å². The molecule has 2 amide bonds. The number of nitrogens with one attached hydrogen (secondary N) is 1. The quantitative estimate of drug-likeness (QED) is 0.485. The molecule has 2 aliphatic rings. The molecule has 1 N–H and O–H groups in total. The Hall–Kier alpha value is -4.04. The van der Waals surface area contributed by atoms with E-state index in [1.807, 2.05) is 10.6 Å².